The molecule has 14 heteroatoms. The molecule has 0 bridgehead atoms. The van der Waals surface area contributed by atoms with Gasteiger partial charge in [0.05, 0.1) is 28.9 Å². The van der Waals surface area contributed by atoms with Crippen molar-refractivity contribution >= 4 is 42.8 Å². The fourth-order valence-corrected chi connectivity index (χ4v) is 5.40. The van der Waals surface area contributed by atoms with Crippen LogP contribution >= 0.6 is 0 Å². The second kappa shape index (κ2) is 12.8. The number of sulfonamides is 2. The number of anilines is 3. The molecular formula is C26H26N4O8S2. The number of non-ortho nitro benzene ring substituents is 1. The van der Waals surface area contributed by atoms with Gasteiger partial charge < -0.3 is 15.2 Å². The van der Waals surface area contributed by atoms with Gasteiger partial charge >= 0.3 is 0 Å². The zero-order valence-electron chi connectivity index (χ0n) is 21.3. The molecule has 0 unspecified atom stereocenters. The molecule has 0 aliphatic heterocycles. The maximum absolute atomic E-state index is 12.2. The molecule has 0 saturated carbocycles. The van der Waals surface area contributed by atoms with Gasteiger partial charge in [0.25, 0.3) is 25.7 Å². The number of benzene rings is 4. The Balaban J connectivity index is 0.000000222. The predicted octanol–water partition coefficient (Wildman–Crippen LogP) is 4.48. The number of methoxy groups -OCH3 is 2. The molecule has 12 nitrogen and oxygen atoms in total. The number of nitro groups is 1. The van der Waals surface area contributed by atoms with Crippen LogP contribution in [0.25, 0.3) is 0 Å². The van der Waals surface area contributed by atoms with Crippen molar-refractivity contribution in [1.29, 1.82) is 0 Å². The highest BCUT2D eigenvalue weighted by atomic mass is 32.2. The molecule has 0 saturated heterocycles. The van der Waals surface area contributed by atoms with Crippen molar-refractivity contribution < 1.29 is 31.2 Å². The zero-order valence-corrected chi connectivity index (χ0v) is 23.0. The second-order valence-electron chi connectivity index (χ2n) is 7.99. The van der Waals surface area contributed by atoms with Crippen molar-refractivity contribution in [2.45, 2.75) is 9.79 Å². The van der Waals surface area contributed by atoms with Crippen LogP contribution in [0.2, 0.25) is 0 Å². The van der Waals surface area contributed by atoms with Gasteiger partial charge in [-0.2, -0.15) is 0 Å². The molecule has 0 radical (unpaired) electrons. The van der Waals surface area contributed by atoms with Gasteiger partial charge in [0, 0.05) is 29.2 Å². The Morgan fingerprint density at radius 3 is 1.50 bits per heavy atom. The summed E-state index contributed by atoms with van der Waals surface area (Å²) in [6.45, 7) is 0. The Bertz CT molecular complexity index is 1680. The van der Waals surface area contributed by atoms with Crippen molar-refractivity contribution in [1.82, 2.24) is 0 Å². The van der Waals surface area contributed by atoms with E-state index in [1.165, 1.54) is 49.6 Å². The van der Waals surface area contributed by atoms with Crippen molar-refractivity contribution in [2.24, 2.45) is 0 Å². The van der Waals surface area contributed by atoms with E-state index in [9.17, 15) is 26.9 Å². The number of hydrogen-bond acceptors (Lipinski definition) is 9. The molecule has 4 N–H and O–H groups in total. The van der Waals surface area contributed by atoms with Gasteiger partial charge in [0.15, 0.2) is 0 Å². The summed E-state index contributed by atoms with van der Waals surface area (Å²) in [7, 11) is -4.46. The number of nitrogens with one attached hydrogen (secondary N) is 2. The number of nitrogens with two attached hydrogens (primary N) is 1. The van der Waals surface area contributed by atoms with Gasteiger partial charge in [-0.3, -0.25) is 19.6 Å². The standard InChI is InChI=1S/C13H12N2O5S.C13H14N2O3S/c1-20-12-7-5-10(6-8-12)14-21(18,19)13-4-2-3-11(9-13)15(16)17;1-18-12-7-5-11(6-8-12)15-19(16,17)13-4-2-3-10(14)9-13/h2-9,14H,1H3;2-9,15H,14H2,1H3. The lowest BCUT2D eigenvalue weighted by atomic mass is 10.3. The topological polar surface area (TPSA) is 180 Å². The van der Waals surface area contributed by atoms with Crippen LogP contribution in [-0.2, 0) is 20.0 Å². The summed E-state index contributed by atoms with van der Waals surface area (Å²) in [4.78, 5) is 9.99. The maximum atomic E-state index is 12.2. The Morgan fingerprint density at radius 2 is 1.10 bits per heavy atom. The normalized spacial score (nSPS) is 10.9. The highest BCUT2D eigenvalue weighted by molar-refractivity contribution is 7.93. The van der Waals surface area contributed by atoms with Crippen LogP contribution in [0.4, 0.5) is 22.7 Å². The molecule has 0 amide bonds. The fourth-order valence-electron chi connectivity index (χ4n) is 3.19. The van der Waals surface area contributed by atoms with Crippen molar-refractivity contribution in [3.05, 3.63) is 107 Å². The number of rotatable bonds is 9. The van der Waals surface area contributed by atoms with Crippen molar-refractivity contribution in [3.8, 4) is 11.5 Å². The van der Waals surface area contributed by atoms with E-state index >= 15 is 0 Å². The van der Waals surface area contributed by atoms with E-state index in [0.29, 0.717) is 28.6 Å². The third-order valence-corrected chi connectivity index (χ3v) is 7.95. The highest BCUT2D eigenvalue weighted by Crippen LogP contribution is 2.22. The number of ether oxygens (including phenoxy) is 2. The highest BCUT2D eigenvalue weighted by Gasteiger charge is 2.18. The van der Waals surface area contributed by atoms with Gasteiger partial charge in [0.1, 0.15) is 11.5 Å². The third-order valence-electron chi connectivity index (χ3n) is 5.19. The lowest BCUT2D eigenvalue weighted by Gasteiger charge is -2.09. The van der Waals surface area contributed by atoms with Crippen LogP contribution in [-0.4, -0.2) is 36.0 Å². The Kier molecular flexibility index (Phi) is 9.53. The van der Waals surface area contributed by atoms with Gasteiger partial charge in [-0.1, -0.05) is 12.1 Å². The molecule has 0 aliphatic carbocycles. The lowest BCUT2D eigenvalue weighted by Crippen LogP contribution is -2.13. The van der Waals surface area contributed by atoms with E-state index in [1.807, 2.05) is 0 Å². The first-order chi connectivity index (χ1) is 18.9. The van der Waals surface area contributed by atoms with Crippen molar-refractivity contribution in [2.75, 3.05) is 29.4 Å². The van der Waals surface area contributed by atoms with Gasteiger partial charge in [0.2, 0.25) is 0 Å². The number of hydrogen-bond donors (Lipinski definition) is 3. The molecule has 4 rings (SSSR count). The first kappa shape index (κ1) is 29.7. The van der Waals surface area contributed by atoms with Crippen molar-refractivity contribution in [3.63, 3.8) is 0 Å². The molecule has 4 aromatic carbocycles. The number of nitro benzene ring substituents is 1. The lowest BCUT2D eigenvalue weighted by molar-refractivity contribution is -0.385. The number of nitrogen functional groups attached to an aromatic ring is 1. The first-order valence-corrected chi connectivity index (χ1v) is 14.3. The Hall–Kier alpha value is -4.82. The molecule has 210 valence electrons. The average Bonchev–Trinajstić information content (AvgIpc) is 2.94. The summed E-state index contributed by atoms with van der Waals surface area (Å²) in [5.41, 5.74) is 6.49. The largest absolute Gasteiger partial charge is 0.497 e. The van der Waals surface area contributed by atoms with Gasteiger partial charge in [-0.15, -0.1) is 0 Å². The van der Waals surface area contributed by atoms with Crippen LogP contribution in [0.5, 0.6) is 11.5 Å². The Labute approximate surface area is 231 Å². The van der Waals surface area contributed by atoms with Crippen LogP contribution < -0.4 is 24.7 Å². The van der Waals surface area contributed by atoms with Crippen LogP contribution in [0.3, 0.4) is 0 Å². The minimum absolute atomic E-state index is 0.128. The summed E-state index contributed by atoms with van der Waals surface area (Å²) < 4.78 is 63.4. The Morgan fingerprint density at radius 1 is 0.675 bits per heavy atom. The van der Waals surface area contributed by atoms with E-state index in [2.05, 4.69) is 9.44 Å². The van der Waals surface area contributed by atoms with E-state index in [-0.39, 0.29) is 15.5 Å². The maximum Gasteiger partial charge on any atom is 0.270 e. The van der Waals surface area contributed by atoms with E-state index in [4.69, 9.17) is 15.2 Å². The summed E-state index contributed by atoms with van der Waals surface area (Å²) in [6.07, 6.45) is 0. The molecular weight excluding hydrogens is 560 g/mol. The molecule has 4 aromatic rings. The average molecular weight is 587 g/mol. The smallest absolute Gasteiger partial charge is 0.270 e. The summed E-state index contributed by atoms with van der Waals surface area (Å²) in [5, 5.41) is 10.7. The second-order valence-corrected chi connectivity index (χ2v) is 11.4. The van der Waals surface area contributed by atoms with E-state index < -0.39 is 25.0 Å². The van der Waals surface area contributed by atoms with Crippen LogP contribution in [0, 0.1) is 10.1 Å². The number of nitrogens with zero attached hydrogens (tertiary/aromatic N) is 1. The van der Waals surface area contributed by atoms with Crippen LogP contribution in [0.1, 0.15) is 0 Å². The molecule has 0 heterocycles. The summed E-state index contributed by atoms with van der Waals surface area (Å²) in [5.74, 6) is 1.25. The minimum Gasteiger partial charge on any atom is -0.497 e. The molecule has 0 aliphatic rings. The molecule has 0 spiro atoms. The summed E-state index contributed by atoms with van der Waals surface area (Å²) >= 11 is 0. The first-order valence-electron chi connectivity index (χ1n) is 11.4. The quantitative estimate of drug-likeness (QED) is 0.145. The molecule has 0 atom stereocenters. The van der Waals surface area contributed by atoms with Gasteiger partial charge in [-0.05, 0) is 72.8 Å². The van der Waals surface area contributed by atoms with Gasteiger partial charge in [-0.25, -0.2) is 16.8 Å². The molecule has 0 fully saturated rings. The minimum atomic E-state index is -3.88. The van der Waals surface area contributed by atoms with E-state index in [0.717, 1.165) is 6.07 Å². The molecule has 0 aromatic heterocycles. The summed E-state index contributed by atoms with van der Waals surface area (Å²) in [6, 6.07) is 23.9. The third kappa shape index (κ3) is 8.09. The monoisotopic (exact) mass is 586 g/mol. The van der Waals surface area contributed by atoms with E-state index in [1.54, 1.807) is 55.6 Å². The van der Waals surface area contributed by atoms with Crippen LogP contribution in [0.15, 0.2) is 107 Å². The SMILES string of the molecule is COc1ccc(NS(=O)(=O)c2cccc(N)c2)cc1.COc1ccc(NS(=O)(=O)c2cccc([N+](=O)[O-])c2)cc1. The zero-order chi connectivity index (χ0) is 29.3. The molecule has 40 heavy (non-hydrogen) atoms. The fraction of sp³-hybridized carbons (Fsp3) is 0.0769. The predicted molar refractivity (Wildman–Crippen MR) is 152 cm³/mol.